The van der Waals surface area contributed by atoms with Crippen LogP contribution < -0.4 is 4.74 Å². The summed E-state index contributed by atoms with van der Waals surface area (Å²) in [6, 6.07) is 4.12. The van der Waals surface area contributed by atoms with Gasteiger partial charge < -0.3 is 4.74 Å². The van der Waals surface area contributed by atoms with Crippen LogP contribution in [-0.4, -0.2) is 17.3 Å². The maximum absolute atomic E-state index is 10.5. The smallest absolute Gasteiger partial charge is 0.273 e. The van der Waals surface area contributed by atoms with Crippen molar-refractivity contribution in [2.75, 3.05) is 12.4 Å². The standard InChI is InChI=1S/C9H10ClNO3S/c10-8-3-2-7(11(12)13)6-9(8)14-4-1-5-15/h2-3,6,15H,1,4-5H2. The van der Waals surface area contributed by atoms with Gasteiger partial charge in [0.2, 0.25) is 0 Å². The molecule has 0 bridgehead atoms. The van der Waals surface area contributed by atoms with E-state index < -0.39 is 4.92 Å². The van der Waals surface area contributed by atoms with Crippen molar-refractivity contribution in [1.29, 1.82) is 0 Å². The minimum atomic E-state index is -0.484. The number of nitrogens with zero attached hydrogens (tertiary/aromatic N) is 1. The summed E-state index contributed by atoms with van der Waals surface area (Å²) >= 11 is 9.84. The predicted octanol–water partition coefficient (Wildman–Crippen LogP) is 2.95. The molecule has 1 rings (SSSR count). The molecule has 0 aliphatic rings. The second-order valence-corrected chi connectivity index (χ2v) is 3.65. The van der Waals surface area contributed by atoms with Crippen molar-refractivity contribution in [3.63, 3.8) is 0 Å². The fraction of sp³-hybridized carbons (Fsp3) is 0.333. The molecule has 0 unspecified atom stereocenters. The number of hydrogen-bond acceptors (Lipinski definition) is 4. The van der Waals surface area contributed by atoms with E-state index in [-0.39, 0.29) is 5.69 Å². The lowest BCUT2D eigenvalue weighted by molar-refractivity contribution is -0.384. The number of thiol groups is 1. The van der Waals surface area contributed by atoms with Crippen LogP contribution in [0.2, 0.25) is 5.02 Å². The Morgan fingerprint density at radius 3 is 2.87 bits per heavy atom. The maximum atomic E-state index is 10.5. The van der Waals surface area contributed by atoms with Crippen LogP contribution >= 0.6 is 24.2 Å². The molecule has 0 spiro atoms. The second kappa shape index (κ2) is 5.82. The van der Waals surface area contributed by atoms with Crippen molar-refractivity contribution in [2.45, 2.75) is 6.42 Å². The third kappa shape index (κ3) is 3.60. The summed E-state index contributed by atoms with van der Waals surface area (Å²) in [4.78, 5) is 10.0. The third-order valence-corrected chi connectivity index (χ3v) is 2.31. The van der Waals surface area contributed by atoms with E-state index in [9.17, 15) is 10.1 Å². The van der Waals surface area contributed by atoms with E-state index in [1.165, 1.54) is 18.2 Å². The number of hydrogen-bond donors (Lipinski definition) is 1. The summed E-state index contributed by atoms with van der Waals surface area (Å²) < 4.78 is 5.28. The van der Waals surface area contributed by atoms with Gasteiger partial charge in [-0.3, -0.25) is 10.1 Å². The SMILES string of the molecule is O=[N+]([O-])c1ccc(Cl)c(OCCCS)c1. The molecule has 0 aliphatic carbocycles. The summed E-state index contributed by atoms with van der Waals surface area (Å²) in [5.41, 5.74) is -0.0275. The Morgan fingerprint density at radius 1 is 1.53 bits per heavy atom. The van der Waals surface area contributed by atoms with Crippen molar-refractivity contribution in [3.05, 3.63) is 33.3 Å². The first-order valence-electron chi connectivity index (χ1n) is 4.32. The molecule has 0 fully saturated rings. The van der Waals surface area contributed by atoms with E-state index in [1.807, 2.05) is 0 Å². The molecule has 82 valence electrons. The molecule has 0 N–H and O–H groups in total. The summed E-state index contributed by atoms with van der Waals surface area (Å²) in [6.07, 6.45) is 0.766. The Bertz CT molecular complexity index is 359. The molecule has 0 radical (unpaired) electrons. The number of benzene rings is 1. The Labute approximate surface area is 97.8 Å². The van der Waals surface area contributed by atoms with Gasteiger partial charge in [-0.25, -0.2) is 0 Å². The van der Waals surface area contributed by atoms with Crippen molar-refractivity contribution in [1.82, 2.24) is 0 Å². The summed E-state index contributed by atoms with van der Waals surface area (Å²) in [5, 5.41) is 10.9. The van der Waals surface area contributed by atoms with Gasteiger partial charge in [-0.2, -0.15) is 12.6 Å². The van der Waals surface area contributed by atoms with Gasteiger partial charge in [0, 0.05) is 6.07 Å². The second-order valence-electron chi connectivity index (χ2n) is 2.80. The lowest BCUT2D eigenvalue weighted by Crippen LogP contribution is -1.99. The molecule has 0 aromatic heterocycles. The summed E-state index contributed by atoms with van der Waals surface area (Å²) in [5.74, 6) is 1.04. The minimum Gasteiger partial charge on any atom is -0.492 e. The van der Waals surface area contributed by atoms with Gasteiger partial charge in [0.1, 0.15) is 5.75 Å². The van der Waals surface area contributed by atoms with Gasteiger partial charge in [0.25, 0.3) is 5.69 Å². The molecule has 0 heterocycles. The van der Waals surface area contributed by atoms with E-state index >= 15 is 0 Å². The Morgan fingerprint density at radius 2 is 2.27 bits per heavy atom. The minimum absolute atomic E-state index is 0.0275. The highest BCUT2D eigenvalue weighted by molar-refractivity contribution is 7.80. The average molecular weight is 248 g/mol. The Kier molecular flexibility index (Phi) is 4.71. The molecule has 0 saturated carbocycles. The Balaban J connectivity index is 2.76. The number of nitro benzene ring substituents is 1. The maximum Gasteiger partial charge on any atom is 0.273 e. The van der Waals surface area contributed by atoms with Crippen LogP contribution in [0.3, 0.4) is 0 Å². The van der Waals surface area contributed by atoms with Gasteiger partial charge in [-0.15, -0.1) is 0 Å². The van der Waals surface area contributed by atoms with Gasteiger partial charge in [0.15, 0.2) is 0 Å². The molecule has 0 aliphatic heterocycles. The van der Waals surface area contributed by atoms with Crippen LogP contribution in [0.5, 0.6) is 5.75 Å². The third-order valence-electron chi connectivity index (χ3n) is 1.69. The zero-order valence-electron chi connectivity index (χ0n) is 7.85. The number of ether oxygens (including phenoxy) is 1. The first-order valence-corrected chi connectivity index (χ1v) is 5.34. The topological polar surface area (TPSA) is 52.4 Å². The van der Waals surface area contributed by atoms with Gasteiger partial charge >= 0.3 is 0 Å². The first kappa shape index (κ1) is 12.1. The normalized spacial score (nSPS) is 10.0. The average Bonchev–Trinajstić information content (AvgIpc) is 2.20. The quantitative estimate of drug-likeness (QED) is 0.377. The van der Waals surface area contributed by atoms with Crippen molar-refractivity contribution < 1.29 is 9.66 Å². The van der Waals surface area contributed by atoms with Crippen LogP contribution in [0.4, 0.5) is 5.69 Å². The van der Waals surface area contributed by atoms with Gasteiger partial charge in [0.05, 0.1) is 22.6 Å². The fourth-order valence-electron chi connectivity index (χ4n) is 0.963. The van der Waals surface area contributed by atoms with Crippen LogP contribution in [0.25, 0.3) is 0 Å². The lowest BCUT2D eigenvalue weighted by atomic mass is 10.3. The van der Waals surface area contributed by atoms with Crippen molar-refractivity contribution >= 4 is 29.9 Å². The highest BCUT2D eigenvalue weighted by Gasteiger charge is 2.10. The summed E-state index contributed by atoms with van der Waals surface area (Å²) in [7, 11) is 0. The number of non-ortho nitro benzene ring substituents is 1. The lowest BCUT2D eigenvalue weighted by Gasteiger charge is -2.06. The number of halogens is 1. The molecule has 1 aromatic carbocycles. The molecular formula is C9H10ClNO3S. The molecule has 0 atom stereocenters. The van der Waals surface area contributed by atoms with Crippen LogP contribution in [0, 0.1) is 10.1 Å². The van der Waals surface area contributed by atoms with Crippen LogP contribution in [0.1, 0.15) is 6.42 Å². The largest absolute Gasteiger partial charge is 0.492 e. The van der Waals surface area contributed by atoms with Crippen molar-refractivity contribution in [2.24, 2.45) is 0 Å². The number of nitro groups is 1. The fourth-order valence-corrected chi connectivity index (χ4v) is 1.26. The van der Waals surface area contributed by atoms with E-state index in [0.717, 1.165) is 6.42 Å². The monoisotopic (exact) mass is 247 g/mol. The molecule has 15 heavy (non-hydrogen) atoms. The molecule has 0 saturated heterocycles. The van der Waals surface area contributed by atoms with E-state index in [0.29, 0.717) is 23.1 Å². The molecule has 6 heteroatoms. The van der Waals surface area contributed by atoms with E-state index in [1.54, 1.807) is 0 Å². The summed E-state index contributed by atoms with van der Waals surface area (Å²) in [6.45, 7) is 0.449. The van der Waals surface area contributed by atoms with E-state index in [4.69, 9.17) is 16.3 Å². The molecule has 1 aromatic rings. The molecule has 4 nitrogen and oxygen atoms in total. The number of rotatable bonds is 5. The molecular weight excluding hydrogens is 238 g/mol. The van der Waals surface area contributed by atoms with Gasteiger partial charge in [-0.05, 0) is 18.2 Å². The predicted molar refractivity (Wildman–Crippen MR) is 62.1 cm³/mol. The highest BCUT2D eigenvalue weighted by Crippen LogP contribution is 2.28. The van der Waals surface area contributed by atoms with Gasteiger partial charge in [-0.1, -0.05) is 11.6 Å². The molecule has 0 amide bonds. The zero-order chi connectivity index (χ0) is 11.3. The highest BCUT2D eigenvalue weighted by atomic mass is 35.5. The van der Waals surface area contributed by atoms with Crippen molar-refractivity contribution in [3.8, 4) is 5.75 Å². The first-order chi connectivity index (χ1) is 7.15. The zero-order valence-corrected chi connectivity index (χ0v) is 9.50. The van der Waals surface area contributed by atoms with Crippen LogP contribution in [-0.2, 0) is 0 Å². The van der Waals surface area contributed by atoms with Crippen LogP contribution in [0.15, 0.2) is 18.2 Å². The Hall–Kier alpha value is -0.940. The van der Waals surface area contributed by atoms with E-state index in [2.05, 4.69) is 12.6 Å².